The van der Waals surface area contributed by atoms with Gasteiger partial charge in [-0.05, 0) is 116 Å². The fourth-order valence-corrected chi connectivity index (χ4v) is 7.51. The molecule has 7 rings (SSSR count). The summed E-state index contributed by atoms with van der Waals surface area (Å²) >= 11 is 0. The average molecular weight is 624 g/mol. The molecule has 0 saturated heterocycles. The van der Waals surface area contributed by atoms with Crippen LogP contribution in [0.25, 0.3) is 22.0 Å². The van der Waals surface area contributed by atoms with Crippen molar-refractivity contribution in [2.24, 2.45) is 0 Å². The number of hydrogen-bond donors (Lipinski definition) is 0. The number of rotatable bonds is 7. The zero-order valence-electron chi connectivity index (χ0n) is 28.6. The van der Waals surface area contributed by atoms with Crippen LogP contribution in [-0.4, -0.2) is 9.97 Å². The lowest BCUT2D eigenvalue weighted by atomic mass is 9.77. The molecule has 0 atom stereocenters. The van der Waals surface area contributed by atoms with Crippen molar-refractivity contribution in [3.63, 3.8) is 0 Å². The minimum atomic E-state index is 0.110. The Morgan fingerprint density at radius 1 is 0.479 bits per heavy atom. The third-order valence-electron chi connectivity index (χ3n) is 9.47. The van der Waals surface area contributed by atoms with Crippen LogP contribution < -0.4 is 4.90 Å². The molecule has 0 aliphatic carbocycles. The highest BCUT2D eigenvalue weighted by Crippen LogP contribution is 2.42. The third kappa shape index (κ3) is 6.00. The number of anilines is 3. The Labute approximate surface area is 284 Å². The molecular formula is C45H41N3. The van der Waals surface area contributed by atoms with Gasteiger partial charge in [-0.25, -0.2) is 4.98 Å². The van der Waals surface area contributed by atoms with Crippen molar-refractivity contribution in [1.29, 1.82) is 0 Å². The molecule has 0 bridgehead atoms. The van der Waals surface area contributed by atoms with Crippen LogP contribution in [0.5, 0.6) is 0 Å². The van der Waals surface area contributed by atoms with Gasteiger partial charge in [-0.3, -0.25) is 9.88 Å². The molecule has 48 heavy (non-hydrogen) atoms. The molecule has 0 N–H and O–H groups in total. The molecule has 0 spiro atoms. The van der Waals surface area contributed by atoms with E-state index in [0.717, 1.165) is 28.5 Å². The monoisotopic (exact) mass is 623 g/mol. The second kappa shape index (κ2) is 12.9. The highest BCUT2D eigenvalue weighted by atomic mass is 15.2. The van der Waals surface area contributed by atoms with Gasteiger partial charge in [0, 0.05) is 22.9 Å². The van der Waals surface area contributed by atoms with Crippen LogP contribution in [0.4, 0.5) is 17.2 Å². The number of aryl methyl sites for hydroxylation is 6. The summed E-state index contributed by atoms with van der Waals surface area (Å²) in [6.45, 7) is 13.4. The summed E-state index contributed by atoms with van der Waals surface area (Å²) in [5, 5.41) is 2.39. The molecule has 3 heteroatoms. The Morgan fingerprint density at radius 3 is 1.58 bits per heavy atom. The highest BCUT2D eigenvalue weighted by molar-refractivity contribution is 5.88. The van der Waals surface area contributed by atoms with Gasteiger partial charge in [0.15, 0.2) is 5.82 Å². The summed E-state index contributed by atoms with van der Waals surface area (Å²) in [4.78, 5) is 12.0. The van der Waals surface area contributed by atoms with E-state index in [2.05, 4.69) is 150 Å². The molecule has 7 aromatic rings. The largest absolute Gasteiger partial charge is 0.294 e. The molecular weight excluding hydrogens is 583 g/mol. The first-order valence-electron chi connectivity index (χ1n) is 16.7. The maximum atomic E-state index is 4.97. The lowest BCUT2D eigenvalue weighted by Crippen LogP contribution is -2.14. The van der Waals surface area contributed by atoms with Crippen molar-refractivity contribution in [2.45, 2.75) is 47.5 Å². The molecule has 0 fully saturated rings. The zero-order valence-corrected chi connectivity index (χ0v) is 28.6. The maximum Gasteiger partial charge on any atom is 0.156 e. The Morgan fingerprint density at radius 2 is 1.02 bits per heavy atom. The van der Waals surface area contributed by atoms with Crippen LogP contribution in [-0.2, 0) is 0 Å². The summed E-state index contributed by atoms with van der Waals surface area (Å²) in [7, 11) is 0. The Balaban J connectivity index is 1.37. The highest BCUT2D eigenvalue weighted by Gasteiger charge is 2.25. The predicted octanol–water partition coefficient (Wildman–Crippen LogP) is 11.8. The smallest absolute Gasteiger partial charge is 0.156 e. The van der Waals surface area contributed by atoms with Gasteiger partial charge in [-0.15, -0.1) is 0 Å². The molecule has 3 nitrogen and oxygen atoms in total. The Bertz CT molecular complexity index is 2130. The van der Waals surface area contributed by atoms with Crippen LogP contribution in [0.2, 0.25) is 0 Å². The van der Waals surface area contributed by atoms with E-state index in [9.17, 15) is 0 Å². The van der Waals surface area contributed by atoms with E-state index in [1.807, 2.05) is 30.6 Å². The number of benzene rings is 6. The van der Waals surface area contributed by atoms with E-state index in [-0.39, 0.29) is 5.92 Å². The Kier molecular flexibility index (Phi) is 8.37. The number of nitrogens with zero attached hydrogens (tertiary/aromatic N) is 3. The van der Waals surface area contributed by atoms with Crippen LogP contribution >= 0.6 is 0 Å². The van der Waals surface area contributed by atoms with Gasteiger partial charge in [-0.2, -0.15) is 0 Å². The fourth-order valence-electron chi connectivity index (χ4n) is 7.51. The summed E-state index contributed by atoms with van der Waals surface area (Å²) in [6.07, 6.45) is 3.75. The van der Waals surface area contributed by atoms with Gasteiger partial charge in [0.1, 0.15) is 0 Å². The van der Waals surface area contributed by atoms with Gasteiger partial charge in [-0.1, -0.05) is 108 Å². The van der Waals surface area contributed by atoms with Crippen molar-refractivity contribution in [2.75, 3.05) is 4.90 Å². The van der Waals surface area contributed by atoms with Crippen molar-refractivity contribution in [3.05, 3.63) is 184 Å². The third-order valence-corrected chi connectivity index (χ3v) is 9.47. The lowest BCUT2D eigenvalue weighted by Gasteiger charge is -2.28. The molecule has 236 valence electrons. The van der Waals surface area contributed by atoms with E-state index >= 15 is 0 Å². The van der Waals surface area contributed by atoms with Crippen LogP contribution in [0.3, 0.4) is 0 Å². The Hall–Kier alpha value is -5.54. The second-order valence-corrected chi connectivity index (χ2v) is 13.1. The number of aromatic nitrogens is 2. The number of fused-ring (bicyclic) bond motifs is 1. The molecule has 0 amide bonds. The normalized spacial score (nSPS) is 11.3. The summed E-state index contributed by atoms with van der Waals surface area (Å²) in [6, 6.07) is 43.6. The number of hydrogen-bond acceptors (Lipinski definition) is 3. The molecule has 0 saturated carbocycles. The van der Waals surface area contributed by atoms with Crippen LogP contribution in [0.1, 0.15) is 56.0 Å². The van der Waals surface area contributed by atoms with E-state index in [0.29, 0.717) is 0 Å². The molecule has 0 radical (unpaired) electrons. The minimum Gasteiger partial charge on any atom is -0.294 e. The first kappa shape index (κ1) is 31.1. The van der Waals surface area contributed by atoms with Crippen molar-refractivity contribution < 1.29 is 0 Å². The van der Waals surface area contributed by atoms with Gasteiger partial charge in [0.05, 0.1) is 18.1 Å². The average Bonchev–Trinajstić information content (AvgIpc) is 3.08. The van der Waals surface area contributed by atoms with Gasteiger partial charge in [0.25, 0.3) is 0 Å². The summed E-state index contributed by atoms with van der Waals surface area (Å²) < 4.78 is 0. The van der Waals surface area contributed by atoms with Crippen molar-refractivity contribution in [1.82, 2.24) is 9.97 Å². The second-order valence-electron chi connectivity index (χ2n) is 13.1. The van der Waals surface area contributed by atoms with E-state index in [4.69, 9.17) is 9.97 Å². The summed E-state index contributed by atoms with van der Waals surface area (Å²) in [5.41, 5.74) is 15.9. The molecule has 0 aliphatic heterocycles. The molecule has 1 heterocycles. The molecule has 0 aliphatic rings. The van der Waals surface area contributed by atoms with Gasteiger partial charge in [0.2, 0.25) is 0 Å². The molecule has 6 aromatic carbocycles. The van der Waals surface area contributed by atoms with Crippen LogP contribution in [0, 0.1) is 41.5 Å². The standard InChI is InChI=1S/C45H41N3/c1-29-22-31(3)43(32(4)23-29)45(44-33(5)24-30(2)25-34(44)6)37-17-19-39(20-18-37)48(40-21-16-35-12-10-11-15-38(35)26-40)42-28-46-41(27-47-42)36-13-8-7-9-14-36/h7-28,45H,1-6H3. The van der Waals surface area contributed by atoms with E-state index < -0.39 is 0 Å². The van der Waals surface area contributed by atoms with Crippen molar-refractivity contribution >= 4 is 28.0 Å². The van der Waals surface area contributed by atoms with Gasteiger partial charge < -0.3 is 0 Å². The lowest BCUT2D eigenvalue weighted by molar-refractivity contribution is 0.919. The first-order valence-corrected chi connectivity index (χ1v) is 16.7. The topological polar surface area (TPSA) is 29.0 Å². The molecule has 0 unspecified atom stereocenters. The van der Waals surface area contributed by atoms with Crippen LogP contribution in [0.15, 0.2) is 134 Å². The van der Waals surface area contributed by atoms with E-state index in [1.165, 1.54) is 60.8 Å². The quantitative estimate of drug-likeness (QED) is 0.165. The minimum absolute atomic E-state index is 0.110. The zero-order chi connectivity index (χ0) is 33.4. The predicted molar refractivity (Wildman–Crippen MR) is 202 cm³/mol. The van der Waals surface area contributed by atoms with Crippen molar-refractivity contribution in [3.8, 4) is 11.3 Å². The molecule has 1 aromatic heterocycles. The van der Waals surface area contributed by atoms with E-state index in [1.54, 1.807) is 0 Å². The SMILES string of the molecule is Cc1cc(C)c(C(c2ccc(N(c3ccc4ccccc4c3)c3cnc(-c4ccccc4)cn3)cc2)c2c(C)cc(C)cc2C)c(C)c1. The first-order chi connectivity index (χ1) is 23.3. The fraction of sp³-hybridized carbons (Fsp3) is 0.156. The maximum absolute atomic E-state index is 4.97. The summed E-state index contributed by atoms with van der Waals surface area (Å²) in [5.74, 6) is 0.879. The van der Waals surface area contributed by atoms with Gasteiger partial charge >= 0.3 is 0 Å².